The molecule has 4 nitrogen and oxygen atoms in total. The minimum atomic E-state index is -1.22. The van der Waals surface area contributed by atoms with Crippen LogP contribution in [0.25, 0.3) is 16.3 Å². The Labute approximate surface area is 220 Å². The second kappa shape index (κ2) is 10.9. The van der Waals surface area contributed by atoms with Crippen molar-refractivity contribution < 1.29 is 9.84 Å². The van der Waals surface area contributed by atoms with Gasteiger partial charge in [-0.3, -0.25) is 0 Å². The van der Waals surface area contributed by atoms with E-state index < -0.39 is 5.60 Å². The van der Waals surface area contributed by atoms with Gasteiger partial charge in [0.2, 0.25) is 5.88 Å². The van der Waals surface area contributed by atoms with E-state index in [1.54, 1.807) is 7.11 Å². The van der Waals surface area contributed by atoms with Gasteiger partial charge < -0.3 is 14.7 Å². The van der Waals surface area contributed by atoms with Crippen LogP contribution in [0.3, 0.4) is 0 Å². The van der Waals surface area contributed by atoms with Gasteiger partial charge in [0, 0.05) is 24.2 Å². The zero-order valence-electron chi connectivity index (χ0n) is 22.0. The zero-order valence-corrected chi connectivity index (χ0v) is 22.0. The fourth-order valence-corrected chi connectivity index (χ4v) is 5.74. The van der Waals surface area contributed by atoms with Gasteiger partial charge in [0.15, 0.2) is 0 Å². The van der Waals surface area contributed by atoms with Crippen molar-refractivity contribution in [3.05, 3.63) is 113 Å². The van der Waals surface area contributed by atoms with Crippen molar-refractivity contribution in [3.8, 4) is 5.88 Å². The van der Waals surface area contributed by atoms with E-state index in [0.29, 0.717) is 12.3 Å². The Kier molecular flexibility index (Phi) is 7.40. The topological polar surface area (TPSA) is 45.6 Å². The summed E-state index contributed by atoms with van der Waals surface area (Å²) in [5.74, 6) is 0.170. The second-order valence-electron chi connectivity index (χ2n) is 10.3. The Morgan fingerprint density at radius 1 is 1.00 bits per heavy atom. The van der Waals surface area contributed by atoms with E-state index in [-0.39, 0.29) is 5.92 Å². The monoisotopic (exact) mass is 492 g/mol. The standard InChI is InChI=1S/C33H36N2O2/c1-35(2)21-20-33(36,30-19-11-17-25-14-9-10-18-28(25)30)31(26-15-5-4-6-16-26)29-22-27(23-34-32(29)37-3)24-12-7-8-13-24/h4-6,9-12,14-19,22-23,31,36H,7-8,13,20-21H2,1-3H3. The summed E-state index contributed by atoms with van der Waals surface area (Å²) in [4.78, 5) is 6.90. The lowest BCUT2D eigenvalue weighted by Crippen LogP contribution is -2.38. The highest BCUT2D eigenvalue weighted by Gasteiger charge is 2.43. The van der Waals surface area contributed by atoms with Crippen molar-refractivity contribution >= 4 is 16.3 Å². The van der Waals surface area contributed by atoms with Gasteiger partial charge in [-0.15, -0.1) is 0 Å². The first-order valence-corrected chi connectivity index (χ1v) is 13.1. The van der Waals surface area contributed by atoms with Crippen LogP contribution in [0.2, 0.25) is 0 Å². The molecule has 37 heavy (non-hydrogen) atoms. The highest BCUT2D eigenvalue weighted by Crippen LogP contribution is 2.49. The molecule has 190 valence electrons. The average molecular weight is 493 g/mol. The minimum absolute atomic E-state index is 0.385. The van der Waals surface area contributed by atoms with Crippen LogP contribution in [0.5, 0.6) is 5.88 Å². The molecule has 2 unspecified atom stereocenters. The lowest BCUT2D eigenvalue weighted by atomic mass is 9.70. The van der Waals surface area contributed by atoms with E-state index in [9.17, 15) is 5.11 Å². The van der Waals surface area contributed by atoms with E-state index in [2.05, 4.69) is 73.6 Å². The van der Waals surface area contributed by atoms with Gasteiger partial charge in [-0.25, -0.2) is 4.98 Å². The van der Waals surface area contributed by atoms with Gasteiger partial charge >= 0.3 is 0 Å². The van der Waals surface area contributed by atoms with Crippen molar-refractivity contribution in [3.63, 3.8) is 0 Å². The van der Waals surface area contributed by atoms with Crippen molar-refractivity contribution in [1.82, 2.24) is 9.88 Å². The predicted molar refractivity (Wildman–Crippen MR) is 152 cm³/mol. The third-order valence-corrected chi connectivity index (χ3v) is 7.60. The first-order chi connectivity index (χ1) is 18.0. The van der Waals surface area contributed by atoms with Crippen LogP contribution in [0, 0.1) is 0 Å². The van der Waals surface area contributed by atoms with Crippen LogP contribution in [0.4, 0.5) is 0 Å². The molecule has 0 saturated heterocycles. The number of ether oxygens (including phenoxy) is 1. The lowest BCUT2D eigenvalue weighted by Gasteiger charge is -2.39. The maximum atomic E-state index is 13.0. The molecular weight excluding hydrogens is 456 g/mol. The summed E-state index contributed by atoms with van der Waals surface area (Å²) in [7, 11) is 5.77. The largest absolute Gasteiger partial charge is 0.481 e. The number of fused-ring (bicyclic) bond motifs is 1. The van der Waals surface area contributed by atoms with Gasteiger partial charge in [-0.2, -0.15) is 0 Å². The maximum Gasteiger partial charge on any atom is 0.217 e. The molecule has 0 amide bonds. The number of rotatable bonds is 9. The molecule has 0 radical (unpaired) electrons. The Morgan fingerprint density at radius 2 is 1.76 bits per heavy atom. The first kappa shape index (κ1) is 25.2. The number of methoxy groups -OCH3 is 1. The fraction of sp³-hybridized carbons (Fsp3) is 0.303. The van der Waals surface area contributed by atoms with Gasteiger partial charge in [-0.05, 0) is 78.9 Å². The number of benzene rings is 3. The fourth-order valence-electron chi connectivity index (χ4n) is 5.74. The van der Waals surface area contributed by atoms with Crippen LogP contribution in [0.15, 0.2) is 91.1 Å². The van der Waals surface area contributed by atoms with E-state index >= 15 is 0 Å². The Morgan fingerprint density at radius 3 is 2.49 bits per heavy atom. The van der Waals surface area contributed by atoms with E-state index in [4.69, 9.17) is 9.72 Å². The molecule has 0 fully saturated rings. The summed E-state index contributed by atoms with van der Waals surface area (Å²) < 4.78 is 5.86. The van der Waals surface area contributed by atoms with Gasteiger partial charge in [0.05, 0.1) is 7.11 Å². The zero-order chi connectivity index (χ0) is 25.8. The van der Waals surface area contributed by atoms with Crippen molar-refractivity contribution in [2.24, 2.45) is 0 Å². The molecule has 5 rings (SSSR count). The van der Waals surface area contributed by atoms with Gasteiger partial charge in [0.1, 0.15) is 5.60 Å². The molecule has 1 aliphatic carbocycles. The summed E-state index contributed by atoms with van der Waals surface area (Å²) in [5.41, 5.74) is 4.09. The average Bonchev–Trinajstić information content (AvgIpc) is 3.47. The number of aliphatic hydroxyl groups is 1. The minimum Gasteiger partial charge on any atom is -0.481 e. The highest BCUT2D eigenvalue weighted by atomic mass is 16.5. The second-order valence-corrected chi connectivity index (χ2v) is 10.3. The number of pyridine rings is 1. The van der Waals surface area contributed by atoms with E-state index in [0.717, 1.165) is 52.4 Å². The number of aromatic nitrogens is 1. The quantitative estimate of drug-likeness (QED) is 0.280. The van der Waals surface area contributed by atoms with Crippen LogP contribution >= 0.6 is 0 Å². The first-order valence-electron chi connectivity index (χ1n) is 13.1. The van der Waals surface area contributed by atoms with Crippen LogP contribution in [0.1, 0.15) is 53.9 Å². The van der Waals surface area contributed by atoms with Crippen molar-refractivity contribution in [2.45, 2.75) is 37.2 Å². The molecule has 0 aliphatic heterocycles. The number of allylic oxidation sites excluding steroid dienone is 2. The smallest absolute Gasteiger partial charge is 0.217 e. The molecule has 4 heteroatoms. The predicted octanol–water partition coefficient (Wildman–Crippen LogP) is 6.78. The van der Waals surface area contributed by atoms with Crippen molar-refractivity contribution in [2.75, 3.05) is 27.7 Å². The molecule has 0 saturated carbocycles. The van der Waals surface area contributed by atoms with Crippen LogP contribution < -0.4 is 4.74 Å². The summed E-state index contributed by atoms with van der Waals surface area (Å²) in [6.07, 6.45) is 8.09. The summed E-state index contributed by atoms with van der Waals surface area (Å²) in [6, 6.07) is 27.1. The molecule has 0 bridgehead atoms. The normalized spacial score (nSPS) is 16.0. The third kappa shape index (κ3) is 5.04. The third-order valence-electron chi connectivity index (χ3n) is 7.60. The number of hydrogen-bond acceptors (Lipinski definition) is 4. The van der Waals surface area contributed by atoms with Gasteiger partial charge in [-0.1, -0.05) is 78.9 Å². The maximum absolute atomic E-state index is 13.0. The molecule has 2 atom stereocenters. The SMILES string of the molecule is COc1ncc(C2=CCCC2)cc1C(c1ccccc1)C(O)(CCN(C)C)c1cccc2ccccc12. The summed E-state index contributed by atoms with van der Waals surface area (Å²) in [6.45, 7) is 0.726. The molecule has 1 N–H and O–H groups in total. The molecule has 1 heterocycles. The van der Waals surface area contributed by atoms with Crippen molar-refractivity contribution in [1.29, 1.82) is 0 Å². The molecular formula is C33H36N2O2. The van der Waals surface area contributed by atoms with Gasteiger partial charge in [0.25, 0.3) is 0 Å². The summed E-state index contributed by atoms with van der Waals surface area (Å²) >= 11 is 0. The van der Waals surface area contributed by atoms with E-state index in [1.165, 1.54) is 12.0 Å². The molecule has 1 aliphatic rings. The lowest BCUT2D eigenvalue weighted by molar-refractivity contribution is 0.00515. The van der Waals surface area contributed by atoms with E-state index in [1.807, 2.05) is 36.5 Å². The summed E-state index contributed by atoms with van der Waals surface area (Å²) in [5, 5.41) is 15.2. The molecule has 0 spiro atoms. The van der Waals surface area contributed by atoms with Crippen LogP contribution in [-0.4, -0.2) is 42.7 Å². The Bertz CT molecular complexity index is 1390. The molecule has 1 aromatic heterocycles. The Hall–Kier alpha value is -3.47. The molecule has 4 aromatic rings. The number of nitrogens with zero attached hydrogens (tertiary/aromatic N) is 2. The Balaban J connectivity index is 1.79. The molecule has 3 aromatic carbocycles. The number of hydrogen-bond donors (Lipinski definition) is 1. The van der Waals surface area contributed by atoms with Crippen LogP contribution in [-0.2, 0) is 5.60 Å². The highest BCUT2D eigenvalue weighted by molar-refractivity contribution is 5.86.